The highest BCUT2D eigenvalue weighted by Gasteiger charge is 2.29. The fourth-order valence-corrected chi connectivity index (χ4v) is 5.42. The number of anilines is 1. The molecule has 158 valence electrons. The minimum atomic E-state index is -3.74. The normalized spacial score (nSPS) is 15.4. The number of hydrogen-bond donors (Lipinski definition) is 0. The third kappa shape index (κ3) is 3.58. The maximum Gasteiger partial charge on any atom is 0.210 e. The Morgan fingerprint density at radius 1 is 1.00 bits per heavy atom. The van der Waals surface area contributed by atoms with Gasteiger partial charge in [0.05, 0.1) is 30.3 Å². The van der Waals surface area contributed by atoms with Crippen LogP contribution in [0.4, 0.5) is 5.69 Å². The van der Waals surface area contributed by atoms with Crippen LogP contribution in [0.15, 0.2) is 58.5 Å². The summed E-state index contributed by atoms with van der Waals surface area (Å²) in [6, 6.07) is 12.1. The summed E-state index contributed by atoms with van der Waals surface area (Å²) in [4.78, 5) is 7.15. The molecule has 2 aromatic carbocycles. The second-order valence-corrected chi connectivity index (χ2v) is 9.60. The molecule has 1 aliphatic rings. The van der Waals surface area contributed by atoms with E-state index in [0.29, 0.717) is 28.6 Å². The van der Waals surface area contributed by atoms with Gasteiger partial charge >= 0.3 is 0 Å². The number of hydrogen-bond acceptors (Lipinski definition) is 6. The molecule has 2 heterocycles. The molecule has 0 radical (unpaired) electrons. The van der Waals surface area contributed by atoms with Gasteiger partial charge in [0.2, 0.25) is 9.84 Å². The van der Waals surface area contributed by atoms with Crippen LogP contribution in [-0.4, -0.2) is 40.7 Å². The first-order chi connectivity index (χ1) is 14.5. The van der Waals surface area contributed by atoms with E-state index >= 15 is 0 Å². The smallest absolute Gasteiger partial charge is 0.210 e. The zero-order valence-corrected chi connectivity index (χ0v) is 18.3. The van der Waals surface area contributed by atoms with E-state index in [2.05, 4.69) is 16.8 Å². The predicted octanol–water partition coefficient (Wildman–Crippen LogP) is 4.32. The Kier molecular flexibility index (Phi) is 5.56. The molecule has 0 N–H and O–H groups in total. The number of sulfone groups is 1. The van der Waals surface area contributed by atoms with Crippen LogP contribution >= 0.6 is 0 Å². The van der Waals surface area contributed by atoms with Crippen molar-refractivity contribution >= 4 is 26.4 Å². The molecule has 0 amide bonds. The molecule has 0 saturated carbocycles. The quantitative estimate of drug-likeness (QED) is 0.605. The molecule has 30 heavy (non-hydrogen) atoms. The lowest BCUT2D eigenvalue weighted by molar-refractivity contribution is 0.355. The maximum absolute atomic E-state index is 13.6. The van der Waals surface area contributed by atoms with Gasteiger partial charge in [0, 0.05) is 30.7 Å². The van der Waals surface area contributed by atoms with E-state index in [1.165, 1.54) is 6.20 Å². The van der Waals surface area contributed by atoms with Crippen molar-refractivity contribution in [2.45, 2.75) is 29.6 Å². The Hall–Kier alpha value is -2.80. The van der Waals surface area contributed by atoms with Gasteiger partial charge in [-0.15, -0.1) is 0 Å². The second-order valence-electron chi connectivity index (χ2n) is 7.68. The van der Waals surface area contributed by atoms with Gasteiger partial charge in [-0.2, -0.15) is 0 Å². The number of methoxy groups -OCH3 is 2. The van der Waals surface area contributed by atoms with Crippen molar-refractivity contribution in [1.82, 2.24) is 4.98 Å². The van der Waals surface area contributed by atoms with Crippen molar-refractivity contribution in [2.75, 3.05) is 32.2 Å². The highest BCUT2D eigenvalue weighted by molar-refractivity contribution is 7.91. The van der Waals surface area contributed by atoms with Crippen molar-refractivity contribution < 1.29 is 17.9 Å². The third-order valence-corrected chi connectivity index (χ3v) is 7.52. The lowest BCUT2D eigenvalue weighted by Crippen LogP contribution is -2.34. The Morgan fingerprint density at radius 3 is 2.27 bits per heavy atom. The van der Waals surface area contributed by atoms with Crippen molar-refractivity contribution in [1.29, 1.82) is 0 Å². The molecule has 1 aromatic heterocycles. The molecule has 1 saturated heterocycles. The summed E-state index contributed by atoms with van der Waals surface area (Å²) in [6.45, 7) is 3.83. The lowest BCUT2D eigenvalue weighted by Gasteiger charge is -2.34. The first-order valence-electron chi connectivity index (χ1n) is 10.1. The van der Waals surface area contributed by atoms with E-state index in [-0.39, 0.29) is 9.79 Å². The summed E-state index contributed by atoms with van der Waals surface area (Å²) in [5.41, 5.74) is 1.37. The summed E-state index contributed by atoms with van der Waals surface area (Å²) >= 11 is 0. The van der Waals surface area contributed by atoms with E-state index in [4.69, 9.17) is 9.47 Å². The van der Waals surface area contributed by atoms with Crippen LogP contribution in [0.5, 0.6) is 11.5 Å². The van der Waals surface area contributed by atoms with Crippen LogP contribution in [0.3, 0.4) is 0 Å². The number of aromatic nitrogens is 1. The maximum atomic E-state index is 13.6. The van der Waals surface area contributed by atoms with Crippen molar-refractivity contribution in [3.05, 3.63) is 48.7 Å². The topological polar surface area (TPSA) is 68.7 Å². The Labute approximate surface area is 177 Å². The molecule has 1 aliphatic heterocycles. The van der Waals surface area contributed by atoms with Crippen molar-refractivity contribution in [2.24, 2.45) is 5.92 Å². The first-order valence-corrected chi connectivity index (χ1v) is 11.5. The minimum absolute atomic E-state index is 0.225. The van der Waals surface area contributed by atoms with Gasteiger partial charge in [0.1, 0.15) is 4.90 Å². The van der Waals surface area contributed by atoms with Gasteiger partial charge in [-0.3, -0.25) is 4.98 Å². The van der Waals surface area contributed by atoms with Crippen LogP contribution in [0.25, 0.3) is 10.9 Å². The Bertz CT molecular complexity index is 1150. The monoisotopic (exact) mass is 426 g/mol. The van der Waals surface area contributed by atoms with Crippen LogP contribution in [0.2, 0.25) is 0 Å². The number of piperidine rings is 1. The van der Waals surface area contributed by atoms with Gasteiger partial charge in [-0.1, -0.05) is 25.1 Å². The van der Waals surface area contributed by atoms with Crippen LogP contribution in [-0.2, 0) is 9.84 Å². The van der Waals surface area contributed by atoms with Crippen LogP contribution < -0.4 is 14.4 Å². The number of nitrogens with zero attached hydrogens (tertiary/aromatic N) is 2. The predicted molar refractivity (Wildman–Crippen MR) is 117 cm³/mol. The highest BCUT2D eigenvalue weighted by Crippen LogP contribution is 2.41. The lowest BCUT2D eigenvalue weighted by atomic mass is 9.98. The molecule has 0 spiro atoms. The molecule has 0 unspecified atom stereocenters. The summed E-state index contributed by atoms with van der Waals surface area (Å²) in [6.07, 6.45) is 3.51. The number of rotatable bonds is 5. The van der Waals surface area contributed by atoms with Gasteiger partial charge in [0.15, 0.2) is 11.5 Å². The fourth-order valence-electron chi connectivity index (χ4n) is 3.97. The SMILES string of the molecule is COc1cc2ncc(S(=O)(=O)c3ccccc3)c(N3CCC(C)CC3)c2cc1OC. The number of benzene rings is 2. The first kappa shape index (κ1) is 20.5. The zero-order valence-electron chi connectivity index (χ0n) is 17.5. The molecule has 4 rings (SSSR count). The fraction of sp³-hybridized carbons (Fsp3) is 0.348. The van der Waals surface area contributed by atoms with Gasteiger partial charge in [0.25, 0.3) is 0 Å². The van der Waals surface area contributed by atoms with Gasteiger partial charge in [-0.05, 0) is 37.0 Å². The standard InChI is InChI=1S/C23H26N2O4S/c1-16-9-11-25(12-10-16)23-18-13-20(28-2)21(29-3)14-19(18)24-15-22(23)30(26,27)17-7-5-4-6-8-17/h4-8,13-16H,9-12H2,1-3H3. The molecular formula is C23H26N2O4S. The second kappa shape index (κ2) is 8.14. The number of fused-ring (bicyclic) bond motifs is 1. The van der Waals surface area contributed by atoms with E-state index in [1.807, 2.05) is 12.1 Å². The molecule has 0 atom stereocenters. The van der Waals surface area contributed by atoms with Gasteiger partial charge in [-0.25, -0.2) is 8.42 Å². The summed E-state index contributed by atoms with van der Waals surface area (Å²) in [7, 11) is -0.588. The number of pyridine rings is 1. The minimum Gasteiger partial charge on any atom is -0.493 e. The van der Waals surface area contributed by atoms with Crippen molar-refractivity contribution in [3.63, 3.8) is 0 Å². The largest absolute Gasteiger partial charge is 0.493 e. The highest BCUT2D eigenvalue weighted by atomic mass is 32.2. The average Bonchev–Trinajstić information content (AvgIpc) is 2.78. The molecule has 3 aromatic rings. The van der Waals surface area contributed by atoms with Crippen molar-refractivity contribution in [3.8, 4) is 11.5 Å². The zero-order chi connectivity index (χ0) is 21.3. The van der Waals surface area contributed by atoms with E-state index in [1.54, 1.807) is 44.6 Å². The van der Waals surface area contributed by atoms with Crippen LogP contribution in [0, 0.1) is 5.92 Å². The average molecular weight is 427 g/mol. The Morgan fingerprint density at radius 2 is 1.63 bits per heavy atom. The summed E-state index contributed by atoms with van der Waals surface area (Å²) < 4.78 is 38.0. The molecule has 7 heteroatoms. The Balaban J connectivity index is 1.99. The van der Waals surface area contributed by atoms with Crippen LogP contribution in [0.1, 0.15) is 19.8 Å². The van der Waals surface area contributed by atoms with E-state index < -0.39 is 9.84 Å². The third-order valence-electron chi connectivity index (χ3n) is 5.75. The molecular weight excluding hydrogens is 400 g/mol. The molecule has 0 bridgehead atoms. The molecule has 0 aliphatic carbocycles. The molecule has 1 fully saturated rings. The van der Waals surface area contributed by atoms with Gasteiger partial charge < -0.3 is 14.4 Å². The number of ether oxygens (including phenoxy) is 2. The summed E-state index contributed by atoms with van der Waals surface area (Å²) in [5.74, 6) is 1.74. The van der Waals surface area contributed by atoms with E-state index in [0.717, 1.165) is 31.3 Å². The van der Waals surface area contributed by atoms with E-state index in [9.17, 15) is 8.42 Å². The summed E-state index contributed by atoms with van der Waals surface area (Å²) in [5, 5.41) is 0.749. The molecule has 6 nitrogen and oxygen atoms in total.